The first-order chi connectivity index (χ1) is 14.8. The summed E-state index contributed by atoms with van der Waals surface area (Å²) in [6, 6.07) is 9.41. The van der Waals surface area contributed by atoms with Gasteiger partial charge in [-0.2, -0.15) is 0 Å². The predicted octanol–water partition coefficient (Wildman–Crippen LogP) is 2.86. The summed E-state index contributed by atoms with van der Waals surface area (Å²) >= 11 is 5.89. The lowest BCUT2D eigenvalue weighted by atomic mass is 10.0. The molecule has 1 saturated heterocycles. The van der Waals surface area contributed by atoms with Crippen LogP contribution in [0.15, 0.2) is 48.8 Å². The molecule has 0 radical (unpaired) electrons. The van der Waals surface area contributed by atoms with Crippen LogP contribution in [-0.4, -0.2) is 64.7 Å². The van der Waals surface area contributed by atoms with E-state index < -0.39 is 6.04 Å². The fourth-order valence-electron chi connectivity index (χ4n) is 3.56. The van der Waals surface area contributed by atoms with Gasteiger partial charge in [0.1, 0.15) is 6.04 Å². The molecule has 1 aromatic heterocycles. The minimum absolute atomic E-state index is 0.0880. The second kappa shape index (κ2) is 10.4. The van der Waals surface area contributed by atoms with E-state index in [0.717, 1.165) is 0 Å². The van der Waals surface area contributed by atoms with E-state index in [1.807, 2.05) is 13.8 Å². The Labute approximate surface area is 187 Å². The number of hydrogen-bond donors (Lipinski definition) is 1. The number of rotatable bonds is 6. The van der Waals surface area contributed by atoms with Gasteiger partial charge in [-0.1, -0.05) is 25.4 Å². The Hall–Kier alpha value is -2.93. The van der Waals surface area contributed by atoms with Gasteiger partial charge in [-0.05, 0) is 48.7 Å². The highest BCUT2D eigenvalue weighted by atomic mass is 35.5. The standard InChI is InChI=1S/C23H27ClN4O3/c1-16(2)14-20(26-21(29)17-5-7-19(24)8-6-17)23(31)28-12-10-27(11-13-28)22(30)18-4-3-9-25-15-18/h3-9,15-16,20H,10-14H2,1-2H3,(H,26,29). The summed E-state index contributed by atoms with van der Waals surface area (Å²) in [6.45, 7) is 5.77. The number of amides is 3. The number of hydrogen-bond acceptors (Lipinski definition) is 4. The quantitative estimate of drug-likeness (QED) is 0.745. The smallest absolute Gasteiger partial charge is 0.255 e. The number of piperazine rings is 1. The van der Waals surface area contributed by atoms with Gasteiger partial charge >= 0.3 is 0 Å². The number of carbonyl (C=O) groups is 3. The summed E-state index contributed by atoms with van der Waals surface area (Å²) in [5.74, 6) is -0.284. The molecule has 31 heavy (non-hydrogen) atoms. The molecule has 0 saturated carbocycles. The molecule has 3 amide bonds. The molecule has 7 nitrogen and oxygen atoms in total. The van der Waals surface area contributed by atoms with E-state index in [1.165, 1.54) is 0 Å². The Kier molecular flexibility index (Phi) is 7.63. The van der Waals surface area contributed by atoms with Gasteiger partial charge in [-0.25, -0.2) is 0 Å². The third-order valence-corrected chi connectivity index (χ3v) is 5.46. The zero-order chi connectivity index (χ0) is 22.4. The maximum absolute atomic E-state index is 13.2. The van der Waals surface area contributed by atoms with Crippen LogP contribution in [0.4, 0.5) is 0 Å². The Morgan fingerprint density at radius 1 is 1.00 bits per heavy atom. The van der Waals surface area contributed by atoms with Gasteiger partial charge in [-0.3, -0.25) is 19.4 Å². The topological polar surface area (TPSA) is 82.6 Å². The van der Waals surface area contributed by atoms with Crippen LogP contribution in [-0.2, 0) is 4.79 Å². The molecule has 0 spiro atoms. The van der Waals surface area contributed by atoms with E-state index in [-0.39, 0.29) is 23.6 Å². The van der Waals surface area contributed by atoms with Crippen molar-refractivity contribution in [1.29, 1.82) is 0 Å². The van der Waals surface area contributed by atoms with Crippen LogP contribution in [0.2, 0.25) is 5.02 Å². The van der Waals surface area contributed by atoms with E-state index in [1.54, 1.807) is 58.6 Å². The molecule has 164 valence electrons. The van der Waals surface area contributed by atoms with Gasteiger partial charge in [0.2, 0.25) is 5.91 Å². The summed E-state index contributed by atoms with van der Waals surface area (Å²) in [5, 5.41) is 3.43. The van der Waals surface area contributed by atoms with Gasteiger partial charge in [0.05, 0.1) is 5.56 Å². The highest BCUT2D eigenvalue weighted by molar-refractivity contribution is 6.30. The molecule has 1 fully saturated rings. The second-order valence-corrected chi connectivity index (χ2v) is 8.46. The zero-order valence-electron chi connectivity index (χ0n) is 17.8. The Bertz CT molecular complexity index is 910. The number of halogens is 1. The van der Waals surface area contributed by atoms with Gasteiger partial charge in [0.25, 0.3) is 11.8 Å². The van der Waals surface area contributed by atoms with Crippen LogP contribution in [0.1, 0.15) is 41.0 Å². The Morgan fingerprint density at radius 2 is 1.65 bits per heavy atom. The third kappa shape index (κ3) is 6.04. The van der Waals surface area contributed by atoms with Crippen molar-refractivity contribution in [3.05, 3.63) is 64.9 Å². The molecule has 3 rings (SSSR count). The van der Waals surface area contributed by atoms with Gasteiger partial charge in [0.15, 0.2) is 0 Å². The first-order valence-electron chi connectivity index (χ1n) is 10.4. The molecule has 1 atom stereocenters. The molecule has 1 aliphatic rings. The summed E-state index contributed by atoms with van der Waals surface area (Å²) in [4.78, 5) is 45.9. The lowest BCUT2D eigenvalue weighted by molar-refractivity contribution is -0.135. The van der Waals surface area contributed by atoms with Crippen molar-refractivity contribution in [3.8, 4) is 0 Å². The molecule has 0 aliphatic carbocycles. The molecular weight excluding hydrogens is 416 g/mol. The van der Waals surface area contributed by atoms with Crippen molar-refractivity contribution in [3.63, 3.8) is 0 Å². The van der Waals surface area contributed by atoms with Crippen LogP contribution >= 0.6 is 11.6 Å². The van der Waals surface area contributed by atoms with Gasteiger partial charge in [-0.15, -0.1) is 0 Å². The largest absolute Gasteiger partial charge is 0.340 e. The molecule has 8 heteroatoms. The van der Waals surface area contributed by atoms with E-state index in [0.29, 0.717) is 48.7 Å². The van der Waals surface area contributed by atoms with Gasteiger partial charge < -0.3 is 15.1 Å². The number of nitrogens with zero attached hydrogens (tertiary/aromatic N) is 3. The number of pyridine rings is 1. The second-order valence-electron chi connectivity index (χ2n) is 8.02. The van der Waals surface area contributed by atoms with E-state index in [4.69, 9.17) is 11.6 Å². The molecule has 1 aromatic carbocycles. The number of nitrogens with one attached hydrogen (secondary N) is 1. The zero-order valence-corrected chi connectivity index (χ0v) is 18.5. The van der Waals surface area contributed by atoms with E-state index in [2.05, 4.69) is 10.3 Å². The van der Waals surface area contributed by atoms with Crippen LogP contribution in [0.3, 0.4) is 0 Å². The average Bonchev–Trinajstić information content (AvgIpc) is 2.78. The molecule has 1 N–H and O–H groups in total. The molecule has 2 heterocycles. The summed E-state index contributed by atoms with van der Waals surface area (Å²) in [6.07, 6.45) is 3.71. The Morgan fingerprint density at radius 3 is 2.23 bits per heavy atom. The first kappa shape index (κ1) is 22.7. The minimum atomic E-state index is -0.622. The van der Waals surface area contributed by atoms with Crippen molar-refractivity contribution >= 4 is 29.3 Å². The van der Waals surface area contributed by atoms with Crippen LogP contribution in [0, 0.1) is 5.92 Å². The minimum Gasteiger partial charge on any atom is -0.340 e. The monoisotopic (exact) mass is 442 g/mol. The maximum Gasteiger partial charge on any atom is 0.255 e. The highest BCUT2D eigenvalue weighted by Gasteiger charge is 2.30. The summed E-state index contributed by atoms with van der Waals surface area (Å²) in [5.41, 5.74) is 0.994. The van der Waals surface area contributed by atoms with Crippen molar-refractivity contribution in [2.24, 2.45) is 5.92 Å². The lowest BCUT2D eigenvalue weighted by Gasteiger charge is -2.36. The van der Waals surface area contributed by atoms with E-state index in [9.17, 15) is 14.4 Å². The van der Waals surface area contributed by atoms with Crippen LogP contribution in [0.5, 0.6) is 0 Å². The predicted molar refractivity (Wildman–Crippen MR) is 119 cm³/mol. The van der Waals surface area contributed by atoms with Crippen molar-refractivity contribution in [2.45, 2.75) is 26.3 Å². The maximum atomic E-state index is 13.2. The summed E-state index contributed by atoms with van der Waals surface area (Å²) < 4.78 is 0. The van der Waals surface area contributed by atoms with Crippen LogP contribution in [0.25, 0.3) is 0 Å². The molecule has 2 aromatic rings. The van der Waals surface area contributed by atoms with Crippen molar-refractivity contribution < 1.29 is 14.4 Å². The molecular formula is C23H27ClN4O3. The van der Waals surface area contributed by atoms with E-state index >= 15 is 0 Å². The molecule has 0 bridgehead atoms. The molecule has 1 unspecified atom stereocenters. The van der Waals surface area contributed by atoms with Crippen molar-refractivity contribution in [1.82, 2.24) is 20.1 Å². The lowest BCUT2D eigenvalue weighted by Crippen LogP contribution is -2.56. The average molecular weight is 443 g/mol. The normalized spacial score (nSPS) is 15.0. The fourth-order valence-corrected chi connectivity index (χ4v) is 3.68. The molecule has 1 aliphatic heterocycles. The van der Waals surface area contributed by atoms with Crippen molar-refractivity contribution in [2.75, 3.05) is 26.2 Å². The fraction of sp³-hybridized carbons (Fsp3) is 0.391. The number of carbonyl (C=O) groups excluding carboxylic acids is 3. The van der Waals surface area contributed by atoms with Crippen LogP contribution < -0.4 is 5.32 Å². The highest BCUT2D eigenvalue weighted by Crippen LogP contribution is 2.14. The first-order valence-corrected chi connectivity index (χ1v) is 10.8. The third-order valence-electron chi connectivity index (χ3n) is 5.20. The van der Waals surface area contributed by atoms with Gasteiger partial charge in [0, 0.05) is 49.2 Å². The number of benzene rings is 1. The number of aromatic nitrogens is 1. The summed E-state index contributed by atoms with van der Waals surface area (Å²) in [7, 11) is 0. The SMILES string of the molecule is CC(C)CC(NC(=O)c1ccc(Cl)cc1)C(=O)N1CCN(C(=O)c2cccnc2)CC1. The Balaban J connectivity index is 1.62.